The van der Waals surface area contributed by atoms with E-state index >= 15 is 0 Å². The van der Waals surface area contributed by atoms with E-state index in [2.05, 4.69) is 15.8 Å². The smallest absolute Gasteiger partial charge is 0.273 e. The van der Waals surface area contributed by atoms with E-state index in [9.17, 15) is 4.79 Å². The van der Waals surface area contributed by atoms with Crippen LogP contribution in [0.5, 0.6) is 11.5 Å². The van der Waals surface area contributed by atoms with Gasteiger partial charge < -0.3 is 9.47 Å². The van der Waals surface area contributed by atoms with E-state index in [1.807, 2.05) is 12.1 Å². The molecule has 2 N–H and O–H groups in total. The van der Waals surface area contributed by atoms with Crippen LogP contribution in [-0.2, 0) is 0 Å². The van der Waals surface area contributed by atoms with Crippen LogP contribution in [0, 0.1) is 0 Å². The van der Waals surface area contributed by atoms with Crippen molar-refractivity contribution < 1.29 is 14.3 Å². The Hall–Kier alpha value is -2.51. The number of rotatable bonds is 5. The summed E-state index contributed by atoms with van der Waals surface area (Å²) in [4.78, 5) is 16.8. The summed E-state index contributed by atoms with van der Waals surface area (Å²) in [6.45, 7) is 0. The van der Waals surface area contributed by atoms with E-state index in [4.69, 9.17) is 21.1 Å². The van der Waals surface area contributed by atoms with Crippen LogP contribution in [0.2, 0.25) is 5.02 Å². The number of halogens is 1. The number of aromatic nitrogens is 1. The van der Waals surface area contributed by atoms with Crippen molar-refractivity contribution >= 4 is 44.2 Å². The lowest BCUT2D eigenvalue weighted by molar-refractivity contribution is 0.0959. The van der Waals surface area contributed by atoms with Crippen molar-refractivity contribution in [3.63, 3.8) is 0 Å². The van der Waals surface area contributed by atoms with Gasteiger partial charge in [-0.05, 0) is 30.3 Å². The first-order valence-electron chi connectivity index (χ1n) is 6.96. The first-order valence-corrected chi connectivity index (χ1v) is 8.15. The van der Waals surface area contributed by atoms with Gasteiger partial charge in [0.15, 0.2) is 11.5 Å². The Morgan fingerprint density at radius 2 is 2.04 bits per heavy atom. The van der Waals surface area contributed by atoms with Crippen LogP contribution in [0.3, 0.4) is 0 Å². The number of hydrogen-bond acceptors (Lipinski definition) is 6. The Kier molecular flexibility index (Phi) is 4.73. The van der Waals surface area contributed by atoms with Gasteiger partial charge in [-0.15, -0.1) is 0 Å². The summed E-state index contributed by atoms with van der Waals surface area (Å²) in [5, 5.41) is 1.20. The van der Waals surface area contributed by atoms with Crippen LogP contribution >= 0.6 is 22.9 Å². The number of methoxy groups -OCH3 is 2. The van der Waals surface area contributed by atoms with Crippen LogP contribution < -0.4 is 20.3 Å². The zero-order chi connectivity index (χ0) is 17.1. The molecular formula is C16H14ClN3O3S. The molecule has 0 fully saturated rings. The summed E-state index contributed by atoms with van der Waals surface area (Å²) in [5.74, 6) is 0.498. The number of anilines is 1. The first kappa shape index (κ1) is 16.4. The summed E-state index contributed by atoms with van der Waals surface area (Å²) in [6, 6.07) is 10.5. The number of thiazole rings is 1. The number of carbonyl (C=O) groups is 1. The Morgan fingerprint density at radius 1 is 1.21 bits per heavy atom. The molecule has 1 aromatic heterocycles. The lowest BCUT2D eigenvalue weighted by Gasteiger charge is -2.12. The van der Waals surface area contributed by atoms with E-state index in [1.165, 1.54) is 25.6 Å². The number of nitrogens with one attached hydrogen (secondary N) is 2. The lowest BCUT2D eigenvalue weighted by Crippen LogP contribution is -2.29. The fourth-order valence-electron chi connectivity index (χ4n) is 2.20. The highest BCUT2D eigenvalue weighted by molar-refractivity contribution is 7.22. The van der Waals surface area contributed by atoms with Gasteiger partial charge in [0, 0.05) is 5.02 Å². The van der Waals surface area contributed by atoms with Crippen molar-refractivity contribution in [2.24, 2.45) is 0 Å². The number of hydrazine groups is 1. The van der Waals surface area contributed by atoms with Crippen LogP contribution in [0.1, 0.15) is 10.4 Å². The Labute approximate surface area is 147 Å². The predicted octanol–water partition coefficient (Wildman–Crippen LogP) is 3.72. The standard InChI is InChI=1S/C16H14ClN3O3S/c1-22-12-5-3-4-10(14(12)23-2)15(21)19-20-16-18-11-7-6-9(17)8-13(11)24-16/h3-8H,1-2H3,(H,18,20)(H,19,21). The van der Waals surface area contributed by atoms with Crippen LogP contribution in [0.25, 0.3) is 10.2 Å². The van der Waals surface area contributed by atoms with E-state index < -0.39 is 0 Å². The van der Waals surface area contributed by atoms with Crippen molar-refractivity contribution in [3.05, 3.63) is 47.0 Å². The van der Waals surface area contributed by atoms with Crippen LogP contribution in [0.15, 0.2) is 36.4 Å². The van der Waals surface area contributed by atoms with Gasteiger partial charge >= 0.3 is 0 Å². The molecule has 0 saturated carbocycles. The summed E-state index contributed by atoms with van der Waals surface area (Å²) < 4.78 is 11.4. The van der Waals surface area contributed by atoms with Gasteiger partial charge in [0.05, 0.1) is 30.0 Å². The molecule has 0 radical (unpaired) electrons. The van der Waals surface area contributed by atoms with Gasteiger partial charge in [0.2, 0.25) is 5.13 Å². The van der Waals surface area contributed by atoms with Gasteiger partial charge in [0.1, 0.15) is 0 Å². The Bertz CT molecular complexity index is 897. The zero-order valence-electron chi connectivity index (χ0n) is 12.9. The monoisotopic (exact) mass is 363 g/mol. The second-order valence-electron chi connectivity index (χ2n) is 4.75. The first-order chi connectivity index (χ1) is 11.6. The number of hydrogen-bond donors (Lipinski definition) is 2. The van der Waals surface area contributed by atoms with Crippen molar-refractivity contribution in [3.8, 4) is 11.5 Å². The number of fused-ring (bicyclic) bond motifs is 1. The maximum absolute atomic E-state index is 12.4. The zero-order valence-corrected chi connectivity index (χ0v) is 14.5. The molecule has 3 aromatic rings. The number of carbonyl (C=O) groups excluding carboxylic acids is 1. The molecular weight excluding hydrogens is 350 g/mol. The average Bonchev–Trinajstić information content (AvgIpc) is 3.00. The van der Waals surface area contributed by atoms with Crippen molar-refractivity contribution in [1.82, 2.24) is 10.4 Å². The highest BCUT2D eigenvalue weighted by Crippen LogP contribution is 2.31. The molecule has 0 bridgehead atoms. The Balaban J connectivity index is 1.77. The minimum atomic E-state index is -0.358. The molecule has 1 heterocycles. The third kappa shape index (κ3) is 3.22. The summed E-state index contributed by atoms with van der Waals surface area (Å²) >= 11 is 7.35. The number of benzene rings is 2. The quantitative estimate of drug-likeness (QED) is 0.676. The fraction of sp³-hybridized carbons (Fsp3) is 0.125. The molecule has 2 aromatic carbocycles. The number of nitrogens with zero attached hydrogens (tertiary/aromatic N) is 1. The molecule has 1 amide bonds. The van der Waals surface area contributed by atoms with Crippen molar-refractivity contribution in [1.29, 1.82) is 0 Å². The van der Waals surface area contributed by atoms with Gasteiger partial charge in [-0.25, -0.2) is 4.98 Å². The van der Waals surface area contributed by atoms with Crippen molar-refractivity contribution in [2.75, 3.05) is 19.6 Å². The maximum atomic E-state index is 12.4. The molecule has 0 aliphatic heterocycles. The largest absolute Gasteiger partial charge is 0.493 e. The molecule has 0 aliphatic rings. The van der Waals surface area contributed by atoms with E-state index in [-0.39, 0.29) is 5.91 Å². The second kappa shape index (κ2) is 6.94. The van der Waals surface area contributed by atoms with Gasteiger partial charge in [-0.3, -0.25) is 15.6 Å². The summed E-state index contributed by atoms with van der Waals surface area (Å²) in [7, 11) is 3.00. The van der Waals surface area contributed by atoms with Gasteiger partial charge in [0.25, 0.3) is 5.91 Å². The third-order valence-electron chi connectivity index (χ3n) is 3.28. The molecule has 124 valence electrons. The second-order valence-corrected chi connectivity index (χ2v) is 6.22. The molecule has 6 nitrogen and oxygen atoms in total. The molecule has 3 rings (SSSR count). The molecule has 0 aliphatic carbocycles. The third-order valence-corrected chi connectivity index (χ3v) is 4.45. The van der Waals surface area contributed by atoms with Gasteiger partial charge in [-0.2, -0.15) is 0 Å². The topological polar surface area (TPSA) is 72.5 Å². The lowest BCUT2D eigenvalue weighted by atomic mass is 10.2. The number of amides is 1. The molecule has 8 heteroatoms. The molecule has 0 atom stereocenters. The number of ether oxygens (including phenoxy) is 2. The van der Waals surface area contributed by atoms with E-state index in [0.717, 1.165) is 10.2 Å². The highest BCUT2D eigenvalue weighted by Gasteiger charge is 2.16. The van der Waals surface area contributed by atoms with Gasteiger partial charge in [-0.1, -0.05) is 29.0 Å². The fourth-order valence-corrected chi connectivity index (χ4v) is 3.29. The SMILES string of the molecule is COc1cccc(C(=O)NNc2nc3ccc(Cl)cc3s2)c1OC. The summed E-state index contributed by atoms with van der Waals surface area (Å²) in [6.07, 6.45) is 0. The van der Waals surface area contributed by atoms with Crippen LogP contribution in [-0.4, -0.2) is 25.1 Å². The molecule has 24 heavy (non-hydrogen) atoms. The minimum Gasteiger partial charge on any atom is -0.493 e. The molecule has 0 saturated heterocycles. The van der Waals surface area contributed by atoms with Crippen LogP contribution in [0.4, 0.5) is 5.13 Å². The highest BCUT2D eigenvalue weighted by atomic mass is 35.5. The molecule has 0 unspecified atom stereocenters. The number of para-hydroxylation sites is 1. The van der Waals surface area contributed by atoms with E-state index in [1.54, 1.807) is 24.3 Å². The minimum absolute atomic E-state index is 0.355. The maximum Gasteiger partial charge on any atom is 0.273 e. The average molecular weight is 364 g/mol. The normalized spacial score (nSPS) is 10.5. The Morgan fingerprint density at radius 3 is 2.79 bits per heavy atom. The predicted molar refractivity (Wildman–Crippen MR) is 95.3 cm³/mol. The molecule has 0 spiro atoms. The van der Waals surface area contributed by atoms with Crippen molar-refractivity contribution in [2.45, 2.75) is 0 Å². The van der Waals surface area contributed by atoms with E-state index in [0.29, 0.717) is 27.2 Å². The summed E-state index contributed by atoms with van der Waals surface area (Å²) in [5.41, 5.74) is 6.58.